The van der Waals surface area contributed by atoms with Crippen molar-refractivity contribution in [2.45, 2.75) is 32.7 Å². The van der Waals surface area contributed by atoms with Gasteiger partial charge in [-0.1, -0.05) is 12.1 Å². The van der Waals surface area contributed by atoms with Crippen molar-refractivity contribution < 1.29 is 19.1 Å². The molecule has 1 N–H and O–H groups in total. The fourth-order valence-corrected chi connectivity index (χ4v) is 1.71. The number of hydrogen-bond acceptors (Lipinski definition) is 2. The van der Waals surface area contributed by atoms with Gasteiger partial charge >= 0.3 is 5.97 Å². The number of halogens is 1. The number of rotatable bonds is 4. The number of carbonyl (C=O) groups is 2. The van der Waals surface area contributed by atoms with Gasteiger partial charge < -0.3 is 10.0 Å². The van der Waals surface area contributed by atoms with Gasteiger partial charge in [-0.2, -0.15) is 0 Å². The molecule has 0 saturated carbocycles. The first-order chi connectivity index (χ1) is 8.70. The van der Waals surface area contributed by atoms with Crippen LogP contribution >= 0.6 is 0 Å². The third-order valence-electron chi connectivity index (χ3n) is 2.67. The highest BCUT2D eigenvalue weighted by Gasteiger charge is 2.28. The van der Waals surface area contributed by atoms with Crippen molar-refractivity contribution in [2.75, 3.05) is 6.54 Å². The van der Waals surface area contributed by atoms with Crippen molar-refractivity contribution in [3.63, 3.8) is 0 Å². The number of aliphatic carboxylic acids is 1. The maximum Gasteiger partial charge on any atom is 0.323 e. The molecule has 0 heterocycles. The molecule has 0 aliphatic rings. The van der Waals surface area contributed by atoms with Gasteiger partial charge in [0.1, 0.15) is 12.4 Å². The van der Waals surface area contributed by atoms with Crippen LogP contribution in [0, 0.1) is 5.82 Å². The van der Waals surface area contributed by atoms with Gasteiger partial charge in [0, 0.05) is 5.54 Å². The lowest BCUT2D eigenvalue weighted by Crippen LogP contribution is -2.48. The second-order valence-electron chi connectivity index (χ2n) is 5.35. The van der Waals surface area contributed by atoms with Gasteiger partial charge in [0.15, 0.2) is 0 Å². The van der Waals surface area contributed by atoms with E-state index in [2.05, 4.69) is 0 Å². The first-order valence-electron chi connectivity index (χ1n) is 5.97. The van der Waals surface area contributed by atoms with Crippen LogP contribution in [0.15, 0.2) is 24.3 Å². The molecule has 1 rings (SSSR count). The molecule has 0 bridgehead atoms. The predicted octanol–water partition coefficient (Wildman–Crippen LogP) is 2.08. The molecule has 0 fully saturated rings. The van der Waals surface area contributed by atoms with Crippen molar-refractivity contribution in [3.8, 4) is 0 Å². The third-order valence-corrected chi connectivity index (χ3v) is 2.67. The molecule has 0 saturated heterocycles. The summed E-state index contributed by atoms with van der Waals surface area (Å²) in [6.45, 7) is 4.99. The Morgan fingerprint density at radius 2 is 1.74 bits per heavy atom. The fraction of sp³-hybridized carbons (Fsp3) is 0.429. The Labute approximate surface area is 111 Å². The fourth-order valence-electron chi connectivity index (χ4n) is 1.71. The average molecular weight is 267 g/mol. The molecular formula is C14H18FNO3. The van der Waals surface area contributed by atoms with E-state index in [-0.39, 0.29) is 24.7 Å². The van der Waals surface area contributed by atoms with Gasteiger partial charge in [0.2, 0.25) is 5.91 Å². The van der Waals surface area contributed by atoms with Crippen molar-refractivity contribution in [2.24, 2.45) is 0 Å². The number of nitrogens with zero attached hydrogens (tertiary/aromatic N) is 1. The average Bonchev–Trinajstić information content (AvgIpc) is 2.27. The number of hydrogen-bond donors (Lipinski definition) is 1. The maximum atomic E-state index is 12.8. The molecule has 1 aromatic carbocycles. The van der Waals surface area contributed by atoms with Crippen LogP contribution in [-0.4, -0.2) is 34.0 Å². The monoisotopic (exact) mass is 267 g/mol. The Kier molecular flexibility index (Phi) is 4.64. The molecule has 0 radical (unpaired) electrons. The summed E-state index contributed by atoms with van der Waals surface area (Å²) in [4.78, 5) is 24.3. The van der Waals surface area contributed by atoms with Crippen LogP contribution in [0.4, 0.5) is 4.39 Å². The first-order valence-corrected chi connectivity index (χ1v) is 5.97. The van der Waals surface area contributed by atoms with E-state index >= 15 is 0 Å². The summed E-state index contributed by atoms with van der Waals surface area (Å²) in [5.41, 5.74) is 0.0845. The molecule has 0 aliphatic carbocycles. The lowest BCUT2D eigenvalue weighted by molar-refractivity contribution is -0.147. The molecule has 0 spiro atoms. The summed E-state index contributed by atoms with van der Waals surface area (Å²) in [5, 5.41) is 8.86. The quantitative estimate of drug-likeness (QED) is 0.908. The molecular weight excluding hydrogens is 249 g/mol. The van der Waals surface area contributed by atoms with E-state index in [4.69, 9.17) is 5.11 Å². The highest BCUT2D eigenvalue weighted by molar-refractivity contribution is 5.83. The largest absolute Gasteiger partial charge is 0.480 e. The summed E-state index contributed by atoms with van der Waals surface area (Å²) in [6.07, 6.45) is 0.0603. The van der Waals surface area contributed by atoms with Gasteiger partial charge in [-0.05, 0) is 38.5 Å². The van der Waals surface area contributed by atoms with Crippen molar-refractivity contribution in [1.82, 2.24) is 4.90 Å². The van der Waals surface area contributed by atoms with Gasteiger partial charge in [0.25, 0.3) is 0 Å². The molecule has 0 atom stereocenters. The molecule has 1 aromatic rings. The predicted molar refractivity (Wildman–Crippen MR) is 69.2 cm³/mol. The molecule has 5 heteroatoms. The highest BCUT2D eigenvalue weighted by atomic mass is 19.1. The van der Waals surface area contributed by atoms with Crippen LogP contribution in [0.1, 0.15) is 26.3 Å². The lowest BCUT2D eigenvalue weighted by Gasteiger charge is -2.34. The summed E-state index contributed by atoms with van der Waals surface area (Å²) in [5.74, 6) is -1.71. The third kappa shape index (κ3) is 4.69. The van der Waals surface area contributed by atoms with E-state index in [9.17, 15) is 14.0 Å². The van der Waals surface area contributed by atoms with Crippen LogP contribution in [0.2, 0.25) is 0 Å². The molecule has 0 unspecified atom stereocenters. The molecule has 1 amide bonds. The van der Waals surface area contributed by atoms with Crippen LogP contribution in [0.5, 0.6) is 0 Å². The first kappa shape index (κ1) is 15.1. The minimum absolute atomic E-state index is 0.0603. The SMILES string of the molecule is CC(C)(C)N(CC(=O)O)C(=O)Cc1ccc(F)cc1. The van der Waals surface area contributed by atoms with Crippen molar-refractivity contribution in [1.29, 1.82) is 0 Å². The number of amides is 1. The van der Waals surface area contributed by atoms with Gasteiger partial charge in [-0.15, -0.1) is 0 Å². The summed E-state index contributed by atoms with van der Waals surface area (Å²) in [6, 6.07) is 5.60. The number of carboxylic acids is 1. The van der Waals surface area contributed by atoms with Crippen LogP contribution in [0.25, 0.3) is 0 Å². The normalized spacial score (nSPS) is 11.2. The van der Waals surface area contributed by atoms with Crippen LogP contribution in [0.3, 0.4) is 0 Å². The smallest absolute Gasteiger partial charge is 0.323 e. The van der Waals surface area contributed by atoms with Crippen molar-refractivity contribution in [3.05, 3.63) is 35.6 Å². The molecule has 4 nitrogen and oxygen atoms in total. The highest BCUT2D eigenvalue weighted by Crippen LogP contribution is 2.15. The van der Waals surface area contributed by atoms with E-state index in [1.165, 1.54) is 29.2 Å². The zero-order valence-corrected chi connectivity index (χ0v) is 11.3. The minimum Gasteiger partial charge on any atom is -0.480 e. The number of benzene rings is 1. The molecule has 104 valence electrons. The molecule has 0 aromatic heterocycles. The van der Waals surface area contributed by atoms with Crippen molar-refractivity contribution >= 4 is 11.9 Å². The second-order valence-corrected chi connectivity index (χ2v) is 5.35. The van der Waals surface area contributed by atoms with Gasteiger partial charge in [0.05, 0.1) is 6.42 Å². The zero-order valence-electron chi connectivity index (χ0n) is 11.3. The summed E-state index contributed by atoms with van der Waals surface area (Å²) < 4.78 is 12.8. The van der Waals surface area contributed by atoms with E-state index in [1.54, 1.807) is 20.8 Å². The second kappa shape index (κ2) is 5.82. The van der Waals surface area contributed by atoms with Gasteiger partial charge in [-0.25, -0.2) is 4.39 Å². The number of carboxylic acid groups (broad SMARTS) is 1. The Morgan fingerprint density at radius 1 is 1.21 bits per heavy atom. The van der Waals surface area contributed by atoms with Crippen LogP contribution in [-0.2, 0) is 16.0 Å². The van der Waals surface area contributed by atoms with Crippen LogP contribution < -0.4 is 0 Å². The number of carbonyl (C=O) groups excluding carboxylic acids is 1. The topological polar surface area (TPSA) is 57.6 Å². The maximum absolute atomic E-state index is 12.8. The minimum atomic E-state index is -1.05. The Bertz CT molecular complexity index is 463. The summed E-state index contributed by atoms with van der Waals surface area (Å²) in [7, 11) is 0. The molecule has 0 aliphatic heterocycles. The Hall–Kier alpha value is -1.91. The van der Waals surface area contributed by atoms with E-state index in [0.29, 0.717) is 5.56 Å². The van der Waals surface area contributed by atoms with E-state index in [0.717, 1.165) is 0 Å². The molecule has 19 heavy (non-hydrogen) atoms. The van der Waals surface area contributed by atoms with E-state index < -0.39 is 11.5 Å². The zero-order chi connectivity index (χ0) is 14.6. The Morgan fingerprint density at radius 3 is 2.16 bits per heavy atom. The standard InChI is InChI=1S/C14H18FNO3/c1-14(2,3)16(9-13(18)19)12(17)8-10-4-6-11(15)7-5-10/h4-7H,8-9H2,1-3H3,(H,18,19). The summed E-state index contributed by atoms with van der Waals surface area (Å²) >= 11 is 0. The Balaban J connectivity index is 2.82. The van der Waals surface area contributed by atoms with E-state index in [1.807, 2.05) is 0 Å². The van der Waals surface area contributed by atoms with Gasteiger partial charge in [-0.3, -0.25) is 9.59 Å². The lowest BCUT2D eigenvalue weighted by atomic mass is 10.0.